The van der Waals surface area contributed by atoms with Crippen molar-refractivity contribution in [3.63, 3.8) is 0 Å². The molecule has 0 aliphatic carbocycles. The molecule has 0 fully saturated rings. The quantitative estimate of drug-likeness (QED) is 0.763. The Balaban J connectivity index is 1.85. The molecule has 0 radical (unpaired) electrons. The number of aliphatic hydroxyl groups excluding tert-OH is 1. The van der Waals surface area contributed by atoms with E-state index in [-0.39, 0.29) is 25.0 Å². The van der Waals surface area contributed by atoms with Crippen molar-refractivity contribution < 1.29 is 14.4 Å². The first-order chi connectivity index (χ1) is 10.7. The van der Waals surface area contributed by atoms with Crippen molar-refractivity contribution in [3.8, 4) is 11.4 Å². The number of nitrogens with one attached hydrogen (secondary N) is 1. The Labute approximate surface area is 128 Å². The highest BCUT2D eigenvalue weighted by Gasteiger charge is 2.13. The molecule has 0 saturated carbocycles. The topological polar surface area (TPSA) is 101 Å². The summed E-state index contributed by atoms with van der Waals surface area (Å²) in [4.78, 5) is 20.0. The van der Waals surface area contributed by atoms with Crippen molar-refractivity contribution in [1.82, 2.24) is 20.4 Å². The van der Waals surface area contributed by atoms with Crippen molar-refractivity contribution in [1.29, 1.82) is 0 Å². The van der Waals surface area contributed by atoms with Gasteiger partial charge in [-0.05, 0) is 25.0 Å². The van der Waals surface area contributed by atoms with Gasteiger partial charge < -0.3 is 14.9 Å². The highest BCUT2D eigenvalue weighted by Crippen LogP contribution is 2.14. The molecule has 22 heavy (non-hydrogen) atoms. The summed E-state index contributed by atoms with van der Waals surface area (Å²) in [7, 11) is 0. The van der Waals surface area contributed by atoms with Crippen LogP contribution in [0.1, 0.15) is 32.1 Å². The summed E-state index contributed by atoms with van der Waals surface area (Å²) >= 11 is 0. The Bertz CT molecular complexity index is 585. The molecule has 7 heteroatoms. The molecule has 1 unspecified atom stereocenters. The van der Waals surface area contributed by atoms with E-state index in [4.69, 9.17) is 9.63 Å². The van der Waals surface area contributed by atoms with Gasteiger partial charge in [0.1, 0.15) is 0 Å². The van der Waals surface area contributed by atoms with Crippen LogP contribution in [-0.2, 0) is 11.2 Å². The van der Waals surface area contributed by atoms with Crippen LogP contribution in [0, 0.1) is 0 Å². The summed E-state index contributed by atoms with van der Waals surface area (Å²) in [5.74, 6) is 0.839. The molecule has 1 atom stereocenters. The van der Waals surface area contributed by atoms with Crippen LogP contribution in [0.25, 0.3) is 11.4 Å². The standard InChI is InChI=1S/C15H20N4O3/c1-2-12(7-10-20)17-13(21)3-4-14-18-15(19-22-14)11-5-8-16-9-6-11/h5-6,8-9,12,20H,2-4,7,10H2,1H3,(H,17,21). The van der Waals surface area contributed by atoms with Gasteiger partial charge in [-0.3, -0.25) is 9.78 Å². The van der Waals surface area contributed by atoms with Gasteiger partial charge in [0.2, 0.25) is 17.6 Å². The lowest BCUT2D eigenvalue weighted by Crippen LogP contribution is -2.35. The Hall–Kier alpha value is -2.28. The molecule has 1 amide bonds. The molecule has 0 saturated heterocycles. The number of hydrogen-bond acceptors (Lipinski definition) is 6. The SMILES string of the molecule is CCC(CCO)NC(=O)CCc1nc(-c2ccncc2)no1. The molecule has 0 aliphatic heterocycles. The molecule has 2 N–H and O–H groups in total. The number of nitrogens with zero attached hydrogens (tertiary/aromatic N) is 3. The number of hydrogen-bond donors (Lipinski definition) is 2. The van der Waals surface area contributed by atoms with Gasteiger partial charge >= 0.3 is 0 Å². The molecule has 0 aliphatic rings. The van der Waals surface area contributed by atoms with Gasteiger partial charge in [-0.15, -0.1) is 0 Å². The molecular weight excluding hydrogens is 284 g/mol. The van der Waals surface area contributed by atoms with E-state index in [1.807, 2.05) is 6.92 Å². The summed E-state index contributed by atoms with van der Waals surface area (Å²) in [6, 6.07) is 3.59. The largest absolute Gasteiger partial charge is 0.396 e. The van der Waals surface area contributed by atoms with Crippen LogP contribution in [0.15, 0.2) is 29.0 Å². The third kappa shape index (κ3) is 4.63. The minimum absolute atomic E-state index is 0.00700. The molecule has 0 aromatic carbocycles. The van der Waals surface area contributed by atoms with Crippen molar-refractivity contribution in [2.75, 3.05) is 6.61 Å². The molecule has 0 bridgehead atoms. The number of amides is 1. The van der Waals surface area contributed by atoms with Gasteiger partial charge in [0.15, 0.2) is 0 Å². The molecule has 2 rings (SSSR count). The number of rotatable bonds is 8. The Morgan fingerprint density at radius 1 is 1.41 bits per heavy atom. The zero-order valence-corrected chi connectivity index (χ0v) is 12.5. The maximum Gasteiger partial charge on any atom is 0.227 e. The first-order valence-corrected chi connectivity index (χ1v) is 7.36. The zero-order chi connectivity index (χ0) is 15.8. The molecular formula is C15H20N4O3. The number of aryl methyl sites for hydroxylation is 1. The number of aliphatic hydroxyl groups is 1. The van der Waals surface area contributed by atoms with Crippen molar-refractivity contribution in [3.05, 3.63) is 30.4 Å². The van der Waals surface area contributed by atoms with Gasteiger partial charge in [-0.1, -0.05) is 12.1 Å². The second-order valence-electron chi connectivity index (χ2n) is 4.93. The van der Waals surface area contributed by atoms with Crippen LogP contribution in [0.2, 0.25) is 0 Å². The second kappa shape index (κ2) is 8.23. The Morgan fingerprint density at radius 2 is 2.18 bits per heavy atom. The van der Waals surface area contributed by atoms with E-state index in [1.54, 1.807) is 24.5 Å². The zero-order valence-electron chi connectivity index (χ0n) is 12.5. The number of pyridine rings is 1. The van der Waals surface area contributed by atoms with Crippen LogP contribution < -0.4 is 5.32 Å². The third-order valence-electron chi connectivity index (χ3n) is 3.31. The fourth-order valence-electron chi connectivity index (χ4n) is 2.03. The Morgan fingerprint density at radius 3 is 2.86 bits per heavy atom. The molecule has 2 aromatic rings. The van der Waals surface area contributed by atoms with Crippen LogP contribution in [0.4, 0.5) is 0 Å². The molecule has 2 heterocycles. The smallest absolute Gasteiger partial charge is 0.227 e. The lowest BCUT2D eigenvalue weighted by Gasteiger charge is -2.15. The maximum absolute atomic E-state index is 11.8. The number of aromatic nitrogens is 3. The average molecular weight is 304 g/mol. The Kier molecular flexibility index (Phi) is 6.02. The lowest BCUT2D eigenvalue weighted by atomic mass is 10.1. The van der Waals surface area contributed by atoms with Crippen molar-refractivity contribution in [2.45, 2.75) is 38.6 Å². The van der Waals surface area contributed by atoms with E-state index in [0.29, 0.717) is 24.6 Å². The fraction of sp³-hybridized carbons (Fsp3) is 0.467. The van der Waals surface area contributed by atoms with E-state index in [1.165, 1.54) is 0 Å². The van der Waals surface area contributed by atoms with Gasteiger partial charge in [0.25, 0.3) is 0 Å². The van der Waals surface area contributed by atoms with E-state index in [0.717, 1.165) is 12.0 Å². The van der Waals surface area contributed by atoms with E-state index >= 15 is 0 Å². The number of carbonyl (C=O) groups excluding carboxylic acids is 1. The van der Waals surface area contributed by atoms with Gasteiger partial charge in [-0.2, -0.15) is 4.98 Å². The predicted molar refractivity (Wildman–Crippen MR) is 79.8 cm³/mol. The first-order valence-electron chi connectivity index (χ1n) is 7.36. The highest BCUT2D eigenvalue weighted by atomic mass is 16.5. The number of carbonyl (C=O) groups is 1. The van der Waals surface area contributed by atoms with Crippen molar-refractivity contribution in [2.24, 2.45) is 0 Å². The molecule has 118 valence electrons. The van der Waals surface area contributed by atoms with Gasteiger partial charge in [0, 0.05) is 43.4 Å². The van der Waals surface area contributed by atoms with Crippen LogP contribution in [0.5, 0.6) is 0 Å². The van der Waals surface area contributed by atoms with Crippen molar-refractivity contribution >= 4 is 5.91 Å². The van der Waals surface area contributed by atoms with E-state index in [9.17, 15) is 4.79 Å². The summed E-state index contributed by atoms with van der Waals surface area (Å²) in [5.41, 5.74) is 0.823. The lowest BCUT2D eigenvalue weighted by molar-refractivity contribution is -0.122. The fourth-order valence-corrected chi connectivity index (χ4v) is 2.03. The minimum atomic E-state index is -0.0797. The van der Waals surface area contributed by atoms with Crippen LogP contribution in [0.3, 0.4) is 0 Å². The third-order valence-corrected chi connectivity index (χ3v) is 3.31. The molecule has 2 aromatic heterocycles. The average Bonchev–Trinajstić information content (AvgIpc) is 3.02. The van der Waals surface area contributed by atoms with Gasteiger partial charge in [-0.25, -0.2) is 0 Å². The molecule has 0 spiro atoms. The van der Waals surface area contributed by atoms with Gasteiger partial charge in [0.05, 0.1) is 0 Å². The monoisotopic (exact) mass is 304 g/mol. The summed E-state index contributed by atoms with van der Waals surface area (Å²) in [6.45, 7) is 2.04. The summed E-state index contributed by atoms with van der Waals surface area (Å²) in [6.07, 6.45) is 5.34. The first kappa shape index (κ1) is 16.1. The normalized spacial score (nSPS) is 12.1. The van der Waals surface area contributed by atoms with E-state index < -0.39 is 0 Å². The minimum Gasteiger partial charge on any atom is -0.396 e. The van der Waals surface area contributed by atoms with E-state index in [2.05, 4.69) is 20.4 Å². The second-order valence-corrected chi connectivity index (χ2v) is 4.93. The summed E-state index contributed by atoms with van der Waals surface area (Å²) in [5, 5.41) is 15.7. The predicted octanol–water partition coefficient (Wildman–Crippen LogP) is 1.34. The van der Waals surface area contributed by atoms with Crippen LogP contribution in [-0.4, -0.2) is 38.8 Å². The summed E-state index contributed by atoms with van der Waals surface area (Å²) < 4.78 is 5.15. The highest BCUT2D eigenvalue weighted by molar-refractivity contribution is 5.76. The van der Waals surface area contributed by atoms with Crippen LogP contribution >= 0.6 is 0 Å². The maximum atomic E-state index is 11.8. The molecule has 7 nitrogen and oxygen atoms in total.